The third-order valence-electron chi connectivity index (χ3n) is 9.74. The Morgan fingerprint density at radius 1 is 0.431 bits per heavy atom. The van der Waals surface area contributed by atoms with Gasteiger partial charge in [0.1, 0.15) is 5.75 Å². The first-order valence-corrected chi connectivity index (χ1v) is 19.3. The SMILES string of the molecule is COc1ccc(C(NCCNCCCCCCSC(c2ccccc2)(c2ccccc2)c2ccccc2)(c2ccccc2)c2ccccc2)cc1. The molecule has 0 fully saturated rings. The largest absolute Gasteiger partial charge is 0.497 e. The molecule has 4 heteroatoms. The molecule has 0 radical (unpaired) electrons. The Morgan fingerprint density at radius 3 is 1.29 bits per heavy atom. The van der Waals surface area contributed by atoms with E-state index in [-0.39, 0.29) is 4.75 Å². The van der Waals surface area contributed by atoms with Crippen molar-refractivity contribution in [2.75, 3.05) is 32.5 Å². The van der Waals surface area contributed by atoms with E-state index < -0.39 is 5.54 Å². The molecule has 0 aliphatic rings. The first-order chi connectivity index (χ1) is 25.3. The molecule has 260 valence electrons. The van der Waals surface area contributed by atoms with Crippen LogP contribution in [0.4, 0.5) is 0 Å². The molecule has 0 saturated heterocycles. The summed E-state index contributed by atoms with van der Waals surface area (Å²) in [6, 6.07) is 63.1. The lowest BCUT2D eigenvalue weighted by molar-refractivity contribution is 0.413. The summed E-state index contributed by atoms with van der Waals surface area (Å²) < 4.78 is 5.26. The van der Waals surface area contributed by atoms with Gasteiger partial charge in [0.15, 0.2) is 0 Å². The predicted molar refractivity (Wildman–Crippen MR) is 217 cm³/mol. The molecule has 0 bridgehead atoms. The lowest BCUT2D eigenvalue weighted by atomic mass is 9.77. The molecule has 6 aromatic rings. The van der Waals surface area contributed by atoms with Crippen LogP contribution in [0.5, 0.6) is 5.75 Å². The second-order valence-electron chi connectivity index (χ2n) is 12.9. The Morgan fingerprint density at radius 2 is 0.843 bits per heavy atom. The minimum absolute atomic E-state index is 0.237. The van der Waals surface area contributed by atoms with E-state index in [0.717, 1.165) is 31.1 Å². The van der Waals surface area contributed by atoms with Gasteiger partial charge in [-0.1, -0.05) is 177 Å². The molecule has 3 nitrogen and oxygen atoms in total. The lowest BCUT2D eigenvalue weighted by Gasteiger charge is -2.37. The van der Waals surface area contributed by atoms with E-state index in [1.807, 2.05) is 0 Å². The van der Waals surface area contributed by atoms with Gasteiger partial charge in [0.05, 0.1) is 17.4 Å². The molecule has 2 N–H and O–H groups in total. The maximum absolute atomic E-state index is 5.50. The number of unbranched alkanes of at least 4 members (excludes halogenated alkanes) is 3. The number of hydrogen-bond donors (Lipinski definition) is 2. The van der Waals surface area contributed by atoms with E-state index >= 15 is 0 Å². The summed E-state index contributed by atoms with van der Waals surface area (Å²) in [5, 5.41) is 7.71. The highest BCUT2D eigenvalue weighted by Gasteiger charge is 2.37. The fourth-order valence-corrected chi connectivity index (χ4v) is 8.75. The average Bonchev–Trinajstić information content (AvgIpc) is 3.22. The van der Waals surface area contributed by atoms with Crippen LogP contribution >= 0.6 is 11.8 Å². The van der Waals surface area contributed by atoms with E-state index in [1.54, 1.807) is 7.11 Å². The molecule has 0 atom stereocenters. The second kappa shape index (κ2) is 18.6. The van der Waals surface area contributed by atoms with Gasteiger partial charge in [-0.25, -0.2) is 0 Å². The molecule has 0 aliphatic heterocycles. The van der Waals surface area contributed by atoms with Crippen LogP contribution in [0.3, 0.4) is 0 Å². The van der Waals surface area contributed by atoms with Gasteiger partial charge in [-0.2, -0.15) is 0 Å². The van der Waals surface area contributed by atoms with Crippen molar-refractivity contribution in [1.29, 1.82) is 0 Å². The van der Waals surface area contributed by atoms with E-state index in [0.29, 0.717) is 0 Å². The van der Waals surface area contributed by atoms with E-state index in [2.05, 4.69) is 198 Å². The van der Waals surface area contributed by atoms with Crippen molar-refractivity contribution in [3.8, 4) is 5.75 Å². The number of nitrogens with one attached hydrogen (secondary N) is 2. The van der Waals surface area contributed by atoms with Crippen LogP contribution in [0, 0.1) is 0 Å². The second-order valence-corrected chi connectivity index (χ2v) is 14.2. The zero-order chi connectivity index (χ0) is 35.0. The van der Waals surface area contributed by atoms with Crippen molar-refractivity contribution in [1.82, 2.24) is 10.6 Å². The average molecular weight is 691 g/mol. The Bertz CT molecular complexity index is 1700. The summed E-state index contributed by atoms with van der Waals surface area (Å²) in [7, 11) is 1.72. The standard InChI is InChI=1S/C47H50N2OS/c1-50-45-33-31-41(32-34-45)46(39-21-9-4-10-22-39,40-23-11-5-12-24-40)49-37-36-48-35-19-2-3-20-38-51-47(42-25-13-6-14-26-42,43-27-15-7-16-28-43)44-29-17-8-18-30-44/h4-18,21-34,48-49H,2-3,19-20,35-38H2,1H3. The minimum Gasteiger partial charge on any atom is -0.497 e. The summed E-state index contributed by atoms with van der Waals surface area (Å²) in [5.41, 5.74) is 7.14. The maximum Gasteiger partial charge on any atom is 0.118 e. The van der Waals surface area contributed by atoms with Crippen molar-refractivity contribution < 1.29 is 4.74 Å². The molecular formula is C47H50N2OS. The first kappa shape index (κ1) is 36.2. The van der Waals surface area contributed by atoms with Crippen molar-refractivity contribution in [3.63, 3.8) is 0 Å². The summed E-state index contributed by atoms with van der Waals surface area (Å²) in [4.78, 5) is 0. The summed E-state index contributed by atoms with van der Waals surface area (Å²) in [5.74, 6) is 1.96. The minimum atomic E-state index is -0.484. The van der Waals surface area contributed by atoms with Gasteiger partial charge in [0.25, 0.3) is 0 Å². The Balaban J connectivity index is 1.03. The lowest BCUT2D eigenvalue weighted by Crippen LogP contribution is -2.47. The number of benzene rings is 6. The van der Waals surface area contributed by atoms with Gasteiger partial charge >= 0.3 is 0 Å². The van der Waals surface area contributed by atoms with Crippen molar-refractivity contribution in [3.05, 3.63) is 209 Å². The molecule has 0 unspecified atom stereocenters. The Kier molecular flexibility index (Phi) is 13.2. The summed E-state index contributed by atoms with van der Waals surface area (Å²) in [6.07, 6.45) is 4.82. The summed E-state index contributed by atoms with van der Waals surface area (Å²) >= 11 is 2.07. The molecule has 51 heavy (non-hydrogen) atoms. The fourth-order valence-electron chi connectivity index (χ4n) is 7.19. The molecule has 0 saturated carbocycles. The van der Waals surface area contributed by atoms with Gasteiger partial charge in [-0.3, -0.25) is 5.32 Å². The van der Waals surface area contributed by atoms with Crippen LogP contribution < -0.4 is 15.4 Å². The maximum atomic E-state index is 5.50. The third kappa shape index (κ3) is 8.65. The van der Waals surface area contributed by atoms with E-state index in [9.17, 15) is 0 Å². The number of hydrogen-bond acceptors (Lipinski definition) is 4. The highest BCUT2D eigenvalue weighted by Crippen LogP contribution is 2.48. The van der Waals surface area contributed by atoms with Crippen LogP contribution in [0.15, 0.2) is 176 Å². The normalized spacial score (nSPS) is 11.7. The predicted octanol–water partition coefficient (Wildman–Crippen LogP) is 10.5. The Hall–Kier alpha value is -4.61. The highest BCUT2D eigenvalue weighted by molar-refractivity contribution is 8.00. The van der Waals surface area contributed by atoms with Crippen molar-refractivity contribution in [2.45, 2.75) is 36.0 Å². The monoisotopic (exact) mass is 690 g/mol. The summed E-state index contributed by atoms with van der Waals surface area (Å²) in [6.45, 7) is 2.73. The van der Waals surface area contributed by atoms with Crippen LogP contribution in [-0.2, 0) is 10.3 Å². The van der Waals surface area contributed by atoms with Crippen LogP contribution in [0.2, 0.25) is 0 Å². The molecular weight excluding hydrogens is 641 g/mol. The van der Waals surface area contributed by atoms with Gasteiger partial charge in [-0.05, 0) is 70.7 Å². The molecule has 6 rings (SSSR count). The van der Waals surface area contributed by atoms with Gasteiger partial charge in [0, 0.05) is 13.1 Å². The van der Waals surface area contributed by atoms with Crippen LogP contribution in [-0.4, -0.2) is 32.5 Å². The molecule has 0 heterocycles. The number of rotatable bonds is 19. The first-order valence-electron chi connectivity index (χ1n) is 18.3. The number of ether oxygens (including phenoxy) is 1. The van der Waals surface area contributed by atoms with Gasteiger partial charge in [-0.15, -0.1) is 11.8 Å². The van der Waals surface area contributed by atoms with Crippen molar-refractivity contribution in [2.24, 2.45) is 0 Å². The fraction of sp³-hybridized carbons (Fsp3) is 0.234. The molecule has 0 aliphatic carbocycles. The van der Waals surface area contributed by atoms with Crippen LogP contribution in [0.25, 0.3) is 0 Å². The molecule has 0 aromatic heterocycles. The molecule has 6 aromatic carbocycles. The molecule has 0 amide bonds. The zero-order valence-electron chi connectivity index (χ0n) is 29.7. The van der Waals surface area contributed by atoms with Gasteiger partial charge in [0.2, 0.25) is 0 Å². The van der Waals surface area contributed by atoms with Crippen LogP contribution in [0.1, 0.15) is 59.1 Å². The van der Waals surface area contributed by atoms with E-state index in [4.69, 9.17) is 4.74 Å². The van der Waals surface area contributed by atoms with Gasteiger partial charge < -0.3 is 10.1 Å². The van der Waals surface area contributed by atoms with E-state index in [1.165, 1.54) is 59.1 Å². The highest BCUT2D eigenvalue weighted by atomic mass is 32.2. The number of methoxy groups -OCH3 is 1. The van der Waals surface area contributed by atoms with Crippen molar-refractivity contribution >= 4 is 11.8 Å². The Labute approximate surface area is 309 Å². The smallest absolute Gasteiger partial charge is 0.118 e. The quantitative estimate of drug-likeness (QED) is 0.0655. The topological polar surface area (TPSA) is 33.3 Å². The third-order valence-corrected chi connectivity index (χ3v) is 11.4. The zero-order valence-corrected chi connectivity index (χ0v) is 30.5. The molecule has 0 spiro atoms. The number of thioether (sulfide) groups is 1.